The second-order valence-corrected chi connectivity index (χ2v) is 4.89. The highest BCUT2D eigenvalue weighted by atomic mass is 127. The van der Waals surface area contributed by atoms with Gasteiger partial charge in [-0.3, -0.25) is 0 Å². The molecule has 0 fully saturated rings. The van der Waals surface area contributed by atoms with Crippen LogP contribution in [0.1, 0.15) is 30.9 Å². The third-order valence-corrected chi connectivity index (χ3v) is 2.75. The molecule has 0 aliphatic heterocycles. The van der Waals surface area contributed by atoms with Gasteiger partial charge in [-0.2, -0.15) is 0 Å². The Morgan fingerprint density at radius 3 is 2.57 bits per heavy atom. The molecular formula is C11H15FIN. The van der Waals surface area contributed by atoms with Gasteiger partial charge in [0.15, 0.2) is 0 Å². The highest BCUT2D eigenvalue weighted by Crippen LogP contribution is 2.25. The molecule has 0 unspecified atom stereocenters. The number of hydrogen-bond donors (Lipinski definition) is 1. The van der Waals surface area contributed by atoms with Crippen LogP contribution in [0.3, 0.4) is 0 Å². The summed E-state index contributed by atoms with van der Waals surface area (Å²) < 4.78 is 14.6. The summed E-state index contributed by atoms with van der Waals surface area (Å²) in [5, 5.41) is 3.06. The van der Waals surface area contributed by atoms with Gasteiger partial charge in [-0.25, -0.2) is 4.39 Å². The third-order valence-electron chi connectivity index (χ3n) is 2.12. The molecule has 0 amide bonds. The third kappa shape index (κ3) is 2.67. The van der Waals surface area contributed by atoms with E-state index >= 15 is 0 Å². The maximum atomic E-state index is 13.7. The molecule has 1 N–H and O–H groups in total. The summed E-state index contributed by atoms with van der Waals surface area (Å²) in [6.45, 7) is 4.76. The van der Waals surface area contributed by atoms with E-state index in [1.54, 1.807) is 6.07 Å². The molecule has 1 aromatic rings. The molecule has 0 spiro atoms. The van der Waals surface area contributed by atoms with Crippen molar-refractivity contribution in [3.63, 3.8) is 0 Å². The van der Waals surface area contributed by atoms with Gasteiger partial charge in [0.1, 0.15) is 5.82 Å². The first-order chi connectivity index (χ1) is 6.56. The van der Waals surface area contributed by atoms with Crippen LogP contribution < -0.4 is 5.32 Å². The Bertz CT molecular complexity index is 323. The first-order valence-corrected chi connectivity index (χ1v) is 5.76. The van der Waals surface area contributed by atoms with Gasteiger partial charge >= 0.3 is 0 Å². The fourth-order valence-corrected chi connectivity index (χ4v) is 2.27. The molecule has 0 aromatic heterocycles. The number of nitrogens with one attached hydrogen (secondary N) is 1. The smallest absolute Gasteiger partial charge is 0.128 e. The Hall–Kier alpha value is -0.160. The average Bonchev–Trinajstić information content (AvgIpc) is 2.01. The summed E-state index contributed by atoms with van der Waals surface area (Å²) in [6.07, 6.45) is 0. The zero-order chi connectivity index (χ0) is 10.7. The molecule has 0 radical (unpaired) electrons. The quantitative estimate of drug-likeness (QED) is 0.845. The molecule has 0 atom stereocenters. The van der Waals surface area contributed by atoms with Gasteiger partial charge in [0.05, 0.1) is 0 Å². The Morgan fingerprint density at radius 2 is 2.07 bits per heavy atom. The molecule has 1 rings (SSSR count). The van der Waals surface area contributed by atoms with Crippen molar-refractivity contribution in [2.24, 2.45) is 0 Å². The van der Waals surface area contributed by atoms with E-state index in [4.69, 9.17) is 0 Å². The van der Waals surface area contributed by atoms with Crippen LogP contribution in [0.2, 0.25) is 0 Å². The maximum absolute atomic E-state index is 13.7. The predicted octanol–water partition coefficient (Wildman–Crippen LogP) is 3.27. The van der Waals surface area contributed by atoms with Crippen LogP contribution in [0, 0.1) is 9.39 Å². The van der Waals surface area contributed by atoms with Crippen LogP contribution >= 0.6 is 22.6 Å². The molecule has 0 saturated carbocycles. The van der Waals surface area contributed by atoms with Gasteiger partial charge in [0.25, 0.3) is 0 Å². The van der Waals surface area contributed by atoms with E-state index in [9.17, 15) is 4.39 Å². The first kappa shape index (κ1) is 11.9. The molecule has 1 aromatic carbocycles. The zero-order valence-electron chi connectivity index (χ0n) is 8.70. The molecule has 0 aliphatic rings. The van der Waals surface area contributed by atoms with Crippen LogP contribution in [-0.2, 0) is 6.54 Å². The minimum atomic E-state index is -0.0860. The predicted molar refractivity (Wildman–Crippen MR) is 66.0 cm³/mol. The van der Waals surface area contributed by atoms with Gasteiger partial charge in [-0.05, 0) is 58.8 Å². The largest absolute Gasteiger partial charge is 0.316 e. The van der Waals surface area contributed by atoms with Crippen molar-refractivity contribution in [2.45, 2.75) is 26.3 Å². The number of halogens is 2. The normalized spacial score (nSPS) is 11.0. The minimum absolute atomic E-state index is 0.0860. The van der Waals surface area contributed by atoms with Crippen LogP contribution in [0.15, 0.2) is 12.1 Å². The highest BCUT2D eigenvalue weighted by Gasteiger charge is 2.12. The van der Waals surface area contributed by atoms with Crippen molar-refractivity contribution in [1.82, 2.24) is 5.32 Å². The molecule has 0 heterocycles. The number of benzene rings is 1. The lowest BCUT2D eigenvalue weighted by Gasteiger charge is -2.14. The molecule has 0 saturated heterocycles. The average molecular weight is 307 g/mol. The van der Waals surface area contributed by atoms with Crippen LogP contribution in [0.25, 0.3) is 0 Å². The standard InChI is InChI=1S/C11H15FIN/c1-7(2)11-8(6-14-3)4-9(13)5-10(11)12/h4-5,7,14H,6H2,1-3H3. The summed E-state index contributed by atoms with van der Waals surface area (Å²) in [7, 11) is 1.88. The highest BCUT2D eigenvalue weighted by molar-refractivity contribution is 14.1. The molecule has 14 heavy (non-hydrogen) atoms. The summed E-state index contributed by atoms with van der Waals surface area (Å²) >= 11 is 2.14. The minimum Gasteiger partial charge on any atom is -0.316 e. The number of hydrogen-bond acceptors (Lipinski definition) is 1. The lowest BCUT2D eigenvalue weighted by Crippen LogP contribution is -2.10. The van der Waals surface area contributed by atoms with Gasteiger partial charge < -0.3 is 5.32 Å². The van der Waals surface area contributed by atoms with E-state index in [0.29, 0.717) is 0 Å². The van der Waals surface area contributed by atoms with Crippen molar-refractivity contribution < 1.29 is 4.39 Å². The van der Waals surface area contributed by atoms with Crippen LogP contribution in [0.4, 0.5) is 4.39 Å². The summed E-state index contributed by atoms with van der Waals surface area (Å²) in [5.41, 5.74) is 1.90. The fraction of sp³-hybridized carbons (Fsp3) is 0.455. The Morgan fingerprint density at radius 1 is 1.43 bits per heavy atom. The lowest BCUT2D eigenvalue weighted by molar-refractivity contribution is 0.589. The molecule has 3 heteroatoms. The topological polar surface area (TPSA) is 12.0 Å². The van der Waals surface area contributed by atoms with Gasteiger partial charge in [-0.15, -0.1) is 0 Å². The van der Waals surface area contributed by atoms with Crippen molar-refractivity contribution in [2.75, 3.05) is 7.05 Å². The Balaban J connectivity index is 3.21. The summed E-state index contributed by atoms with van der Waals surface area (Å²) in [4.78, 5) is 0. The monoisotopic (exact) mass is 307 g/mol. The first-order valence-electron chi connectivity index (χ1n) is 4.68. The Kier molecular flexibility index (Phi) is 4.31. The summed E-state index contributed by atoms with van der Waals surface area (Å²) in [6, 6.07) is 3.63. The van der Waals surface area contributed by atoms with E-state index in [1.807, 2.05) is 27.0 Å². The van der Waals surface area contributed by atoms with Crippen molar-refractivity contribution >= 4 is 22.6 Å². The number of rotatable bonds is 3. The fourth-order valence-electron chi connectivity index (χ4n) is 1.62. The molecule has 1 nitrogen and oxygen atoms in total. The van der Waals surface area contributed by atoms with Crippen LogP contribution in [-0.4, -0.2) is 7.05 Å². The maximum Gasteiger partial charge on any atom is 0.128 e. The Labute approximate surface area is 98.2 Å². The van der Waals surface area contributed by atoms with E-state index in [-0.39, 0.29) is 11.7 Å². The van der Waals surface area contributed by atoms with Gasteiger partial charge in [-0.1, -0.05) is 13.8 Å². The molecule has 0 aliphatic carbocycles. The van der Waals surface area contributed by atoms with Crippen molar-refractivity contribution in [1.29, 1.82) is 0 Å². The second kappa shape index (κ2) is 5.07. The van der Waals surface area contributed by atoms with Crippen LogP contribution in [0.5, 0.6) is 0 Å². The van der Waals surface area contributed by atoms with E-state index in [1.165, 1.54) is 0 Å². The summed E-state index contributed by atoms with van der Waals surface area (Å²) in [5.74, 6) is 0.146. The van der Waals surface area contributed by atoms with E-state index in [2.05, 4.69) is 27.9 Å². The van der Waals surface area contributed by atoms with Crippen molar-refractivity contribution in [3.8, 4) is 0 Å². The SMILES string of the molecule is CNCc1cc(I)cc(F)c1C(C)C. The van der Waals surface area contributed by atoms with Gasteiger partial charge in [0.2, 0.25) is 0 Å². The van der Waals surface area contributed by atoms with E-state index in [0.717, 1.165) is 21.2 Å². The lowest BCUT2D eigenvalue weighted by atomic mass is 9.96. The molecule has 0 bridgehead atoms. The van der Waals surface area contributed by atoms with Crippen molar-refractivity contribution in [3.05, 3.63) is 32.6 Å². The van der Waals surface area contributed by atoms with Gasteiger partial charge in [0, 0.05) is 10.1 Å². The molecule has 78 valence electrons. The zero-order valence-corrected chi connectivity index (χ0v) is 10.9. The van der Waals surface area contributed by atoms with E-state index < -0.39 is 0 Å². The second-order valence-electron chi connectivity index (χ2n) is 3.65. The molecular weight excluding hydrogens is 292 g/mol.